The van der Waals surface area contributed by atoms with Crippen LogP contribution in [0.5, 0.6) is 0 Å². The molecule has 0 bridgehead atoms. The summed E-state index contributed by atoms with van der Waals surface area (Å²) in [5.74, 6) is -1.53. The maximum absolute atomic E-state index is 13.2. The van der Waals surface area contributed by atoms with Gasteiger partial charge in [0.15, 0.2) is 11.6 Å². The highest BCUT2D eigenvalue weighted by Crippen LogP contribution is 2.22. The predicted molar refractivity (Wildman–Crippen MR) is 73.2 cm³/mol. The van der Waals surface area contributed by atoms with Crippen molar-refractivity contribution in [3.63, 3.8) is 0 Å². The molecular weight excluding hydrogens is 246 g/mol. The van der Waals surface area contributed by atoms with Crippen molar-refractivity contribution >= 4 is 0 Å². The standard InChI is InChI=1S/C15H22F2N2/c1-15(2,19-9-7-18-8-10-19)6-5-12-3-4-13(16)14(17)11-12/h3-4,11,18H,5-10H2,1-2H3. The first-order chi connectivity index (χ1) is 8.99. The first-order valence-electron chi connectivity index (χ1n) is 6.89. The van der Waals surface area contributed by atoms with E-state index in [1.807, 2.05) is 0 Å². The zero-order valence-corrected chi connectivity index (χ0v) is 11.7. The van der Waals surface area contributed by atoms with E-state index in [0.29, 0.717) is 0 Å². The van der Waals surface area contributed by atoms with E-state index < -0.39 is 11.6 Å². The molecule has 1 heterocycles. The molecule has 0 radical (unpaired) electrons. The third kappa shape index (κ3) is 3.74. The molecule has 19 heavy (non-hydrogen) atoms. The van der Waals surface area contributed by atoms with Crippen LogP contribution in [0.3, 0.4) is 0 Å². The fraction of sp³-hybridized carbons (Fsp3) is 0.600. The molecule has 0 aliphatic carbocycles. The molecule has 0 spiro atoms. The van der Waals surface area contributed by atoms with Crippen molar-refractivity contribution < 1.29 is 8.78 Å². The lowest BCUT2D eigenvalue weighted by molar-refractivity contribution is 0.0959. The molecule has 0 unspecified atom stereocenters. The summed E-state index contributed by atoms with van der Waals surface area (Å²) in [4.78, 5) is 2.46. The van der Waals surface area contributed by atoms with Crippen LogP contribution in [0.25, 0.3) is 0 Å². The Kier molecular flexibility index (Phi) is 4.53. The topological polar surface area (TPSA) is 15.3 Å². The number of hydrogen-bond acceptors (Lipinski definition) is 2. The van der Waals surface area contributed by atoms with Gasteiger partial charge in [0.2, 0.25) is 0 Å². The molecule has 1 fully saturated rings. The van der Waals surface area contributed by atoms with Gasteiger partial charge in [0.1, 0.15) is 0 Å². The smallest absolute Gasteiger partial charge is 0.159 e. The lowest BCUT2D eigenvalue weighted by Crippen LogP contribution is -2.53. The van der Waals surface area contributed by atoms with E-state index in [4.69, 9.17) is 0 Å². The third-order valence-electron chi connectivity index (χ3n) is 3.98. The Morgan fingerprint density at radius 1 is 1.16 bits per heavy atom. The minimum Gasteiger partial charge on any atom is -0.314 e. The minimum atomic E-state index is -0.773. The van der Waals surface area contributed by atoms with E-state index in [9.17, 15) is 8.78 Å². The van der Waals surface area contributed by atoms with E-state index in [1.54, 1.807) is 6.07 Å². The van der Waals surface area contributed by atoms with E-state index >= 15 is 0 Å². The number of halogens is 2. The number of hydrogen-bond donors (Lipinski definition) is 1. The van der Waals surface area contributed by atoms with Gasteiger partial charge in [-0.25, -0.2) is 8.78 Å². The number of piperazine rings is 1. The van der Waals surface area contributed by atoms with Crippen molar-refractivity contribution in [2.24, 2.45) is 0 Å². The Labute approximate surface area is 113 Å². The molecule has 1 saturated heterocycles. The van der Waals surface area contributed by atoms with Gasteiger partial charge in [0, 0.05) is 31.7 Å². The van der Waals surface area contributed by atoms with Crippen LogP contribution in [0.4, 0.5) is 8.78 Å². The highest BCUT2D eigenvalue weighted by molar-refractivity contribution is 5.18. The molecule has 1 aromatic rings. The van der Waals surface area contributed by atoms with Gasteiger partial charge < -0.3 is 5.32 Å². The van der Waals surface area contributed by atoms with Gasteiger partial charge in [-0.1, -0.05) is 6.07 Å². The molecule has 2 rings (SSSR count). The molecule has 1 aliphatic rings. The second-order valence-electron chi connectivity index (χ2n) is 5.80. The molecule has 0 atom stereocenters. The highest BCUT2D eigenvalue weighted by Gasteiger charge is 2.27. The fourth-order valence-electron chi connectivity index (χ4n) is 2.57. The van der Waals surface area contributed by atoms with Crippen molar-refractivity contribution in [3.8, 4) is 0 Å². The SMILES string of the molecule is CC(C)(CCc1ccc(F)c(F)c1)N1CCNCC1. The van der Waals surface area contributed by atoms with Crippen LogP contribution in [0.1, 0.15) is 25.8 Å². The van der Waals surface area contributed by atoms with Gasteiger partial charge in [0.25, 0.3) is 0 Å². The number of nitrogens with one attached hydrogen (secondary N) is 1. The van der Waals surface area contributed by atoms with Gasteiger partial charge in [-0.15, -0.1) is 0 Å². The van der Waals surface area contributed by atoms with Crippen LogP contribution in [-0.4, -0.2) is 36.6 Å². The van der Waals surface area contributed by atoms with Gasteiger partial charge in [0.05, 0.1) is 0 Å². The Balaban J connectivity index is 1.94. The van der Waals surface area contributed by atoms with Crippen LogP contribution < -0.4 is 5.32 Å². The normalized spacial score (nSPS) is 17.7. The number of benzene rings is 1. The lowest BCUT2D eigenvalue weighted by Gasteiger charge is -2.41. The van der Waals surface area contributed by atoms with E-state index in [0.717, 1.165) is 44.6 Å². The number of nitrogens with zero attached hydrogens (tertiary/aromatic N) is 1. The van der Waals surface area contributed by atoms with E-state index in [-0.39, 0.29) is 5.54 Å². The largest absolute Gasteiger partial charge is 0.314 e. The molecule has 1 aliphatic heterocycles. The van der Waals surface area contributed by atoms with E-state index in [1.165, 1.54) is 12.1 Å². The molecule has 2 nitrogen and oxygen atoms in total. The van der Waals surface area contributed by atoms with Crippen LogP contribution in [-0.2, 0) is 6.42 Å². The molecule has 0 aromatic heterocycles. The average Bonchev–Trinajstić information content (AvgIpc) is 2.41. The number of rotatable bonds is 4. The summed E-state index contributed by atoms with van der Waals surface area (Å²) >= 11 is 0. The van der Waals surface area contributed by atoms with E-state index in [2.05, 4.69) is 24.1 Å². The summed E-state index contributed by atoms with van der Waals surface area (Å²) in [7, 11) is 0. The maximum atomic E-state index is 13.2. The first-order valence-corrected chi connectivity index (χ1v) is 6.89. The summed E-state index contributed by atoms with van der Waals surface area (Å²) in [6.07, 6.45) is 1.71. The zero-order valence-electron chi connectivity index (χ0n) is 11.7. The minimum absolute atomic E-state index is 0.0902. The molecule has 106 valence electrons. The van der Waals surface area contributed by atoms with Crippen molar-refractivity contribution in [3.05, 3.63) is 35.4 Å². The highest BCUT2D eigenvalue weighted by atomic mass is 19.2. The van der Waals surface area contributed by atoms with Crippen molar-refractivity contribution in [1.82, 2.24) is 10.2 Å². The summed E-state index contributed by atoms with van der Waals surface area (Å²) in [6.45, 7) is 8.58. The maximum Gasteiger partial charge on any atom is 0.159 e. The monoisotopic (exact) mass is 268 g/mol. The molecule has 0 saturated carbocycles. The van der Waals surface area contributed by atoms with Gasteiger partial charge in [-0.05, 0) is 44.4 Å². The van der Waals surface area contributed by atoms with Gasteiger partial charge in [-0.3, -0.25) is 4.90 Å². The Morgan fingerprint density at radius 3 is 2.47 bits per heavy atom. The third-order valence-corrected chi connectivity index (χ3v) is 3.98. The molecular formula is C15H22F2N2. The van der Waals surface area contributed by atoms with Crippen molar-refractivity contribution in [1.29, 1.82) is 0 Å². The predicted octanol–water partition coefficient (Wildman–Crippen LogP) is 2.58. The summed E-state index contributed by atoms with van der Waals surface area (Å²) in [5.41, 5.74) is 0.953. The summed E-state index contributed by atoms with van der Waals surface area (Å²) < 4.78 is 26.0. The Morgan fingerprint density at radius 2 is 1.84 bits per heavy atom. The number of aryl methyl sites for hydroxylation is 1. The zero-order chi connectivity index (χ0) is 13.9. The van der Waals surface area contributed by atoms with Gasteiger partial charge in [-0.2, -0.15) is 0 Å². The fourth-order valence-corrected chi connectivity index (χ4v) is 2.57. The Bertz CT molecular complexity index is 426. The van der Waals surface area contributed by atoms with Crippen LogP contribution in [0.2, 0.25) is 0 Å². The van der Waals surface area contributed by atoms with Crippen molar-refractivity contribution in [2.75, 3.05) is 26.2 Å². The summed E-state index contributed by atoms with van der Waals surface area (Å²) in [6, 6.07) is 4.19. The molecule has 1 aromatic carbocycles. The lowest BCUT2D eigenvalue weighted by atomic mass is 9.92. The van der Waals surface area contributed by atoms with Crippen LogP contribution >= 0.6 is 0 Å². The van der Waals surface area contributed by atoms with Crippen LogP contribution in [0, 0.1) is 11.6 Å². The van der Waals surface area contributed by atoms with Crippen LogP contribution in [0.15, 0.2) is 18.2 Å². The molecule has 0 amide bonds. The molecule has 4 heteroatoms. The second-order valence-corrected chi connectivity index (χ2v) is 5.80. The second kappa shape index (κ2) is 5.97. The van der Waals surface area contributed by atoms with Crippen molar-refractivity contribution in [2.45, 2.75) is 32.2 Å². The van der Waals surface area contributed by atoms with Gasteiger partial charge >= 0.3 is 0 Å². The summed E-state index contributed by atoms with van der Waals surface area (Å²) in [5, 5.41) is 3.34. The Hall–Kier alpha value is -1.00. The quantitative estimate of drug-likeness (QED) is 0.903. The average molecular weight is 268 g/mol. The first kappa shape index (κ1) is 14.4. The molecule has 1 N–H and O–H groups in total.